The molecule has 0 fully saturated rings. The van der Waals surface area contributed by atoms with Gasteiger partial charge in [-0.3, -0.25) is 9.59 Å². The summed E-state index contributed by atoms with van der Waals surface area (Å²) >= 11 is 9.59. The lowest BCUT2D eigenvalue weighted by Gasteiger charge is -2.31. The molecule has 35 heavy (non-hydrogen) atoms. The van der Waals surface area contributed by atoms with Crippen LogP contribution in [-0.2, 0) is 22.6 Å². The number of likely N-dealkylation sites (N-methyl/N-ethyl adjacent to an activating group) is 1. The van der Waals surface area contributed by atoms with Gasteiger partial charge in [-0.15, -0.1) is 0 Å². The Bertz CT molecular complexity index is 1140. The fraction of sp³-hybridized carbons (Fsp3) is 0.286. The molecule has 1 atom stereocenters. The molecule has 0 bridgehead atoms. The predicted molar refractivity (Wildman–Crippen MR) is 144 cm³/mol. The summed E-state index contributed by atoms with van der Waals surface area (Å²) in [5.74, 6) is 0.430. The Morgan fingerprint density at radius 3 is 2.29 bits per heavy atom. The molecule has 0 spiro atoms. The highest BCUT2D eigenvalue weighted by Crippen LogP contribution is 2.29. The maximum Gasteiger partial charge on any atom is 0.261 e. The first-order valence-corrected chi connectivity index (χ1v) is 12.7. The smallest absolute Gasteiger partial charge is 0.261 e. The molecule has 5 nitrogen and oxygen atoms in total. The quantitative estimate of drug-likeness (QED) is 0.333. The van der Waals surface area contributed by atoms with Crippen molar-refractivity contribution in [2.24, 2.45) is 0 Å². The van der Waals surface area contributed by atoms with Crippen molar-refractivity contribution in [1.29, 1.82) is 0 Å². The lowest BCUT2D eigenvalue weighted by Crippen LogP contribution is -2.51. The number of hydrogen-bond acceptors (Lipinski definition) is 3. The summed E-state index contributed by atoms with van der Waals surface area (Å²) < 4.78 is 6.68. The van der Waals surface area contributed by atoms with Crippen molar-refractivity contribution >= 4 is 39.3 Å². The van der Waals surface area contributed by atoms with E-state index in [1.165, 1.54) is 5.56 Å². The summed E-state index contributed by atoms with van der Waals surface area (Å²) in [7, 11) is 1.58. The molecule has 0 aliphatic heterocycles. The zero-order chi connectivity index (χ0) is 25.4. The van der Waals surface area contributed by atoms with E-state index in [2.05, 4.69) is 35.1 Å². The van der Waals surface area contributed by atoms with E-state index in [0.717, 1.165) is 15.6 Å². The Balaban J connectivity index is 1.86. The lowest BCUT2D eigenvalue weighted by molar-refractivity contribution is -0.142. The number of rotatable bonds is 10. The van der Waals surface area contributed by atoms with Gasteiger partial charge < -0.3 is 15.0 Å². The van der Waals surface area contributed by atoms with Gasteiger partial charge in [0.1, 0.15) is 11.8 Å². The average molecular weight is 558 g/mol. The van der Waals surface area contributed by atoms with Gasteiger partial charge >= 0.3 is 0 Å². The van der Waals surface area contributed by atoms with Crippen LogP contribution in [0.5, 0.6) is 5.75 Å². The molecule has 0 saturated carbocycles. The van der Waals surface area contributed by atoms with Crippen molar-refractivity contribution < 1.29 is 14.3 Å². The number of carbonyl (C=O) groups is 2. The minimum Gasteiger partial charge on any atom is -0.483 e. The summed E-state index contributed by atoms with van der Waals surface area (Å²) in [6.45, 7) is 4.28. The van der Waals surface area contributed by atoms with Crippen LogP contribution in [-0.4, -0.2) is 36.4 Å². The van der Waals surface area contributed by atoms with Crippen LogP contribution in [0.3, 0.4) is 0 Å². The second-order valence-electron chi connectivity index (χ2n) is 8.60. The van der Waals surface area contributed by atoms with Gasteiger partial charge in [0, 0.05) is 25.0 Å². The first kappa shape index (κ1) is 26.8. The van der Waals surface area contributed by atoms with E-state index in [1.54, 1.807) is 24.1 Å². The molecule has 7 heteroatoms. The van der Waals surface area contributed by atoms with Crippen molar-refractivity contribution in [3.63, 3.8) is 0 Å². The molecule has 1 N–H and O–H groups in total. The van der Waals surface area contributed by atoms with Crippen LogP contribution in [0.4, 0.5) is 0 Å². The largest absolute Gasteiger partial charge is 0.483 e. The number of ether oxygens (including phenoxy) is 1. The molecule has 0 saturated heterocycles. The third-order valence-electron chi connectivity index (χ3n) is 5.76. The second-order valence-corrected chi connectivity index (χ2v) is 9.89. The molecule has 0 heterocycles. The Hall–Kier alpha value is -2.83. The summed E-state index contributed by atoms with van der Waals surface area (Å²) in [4.78, 5) is 28.0. The standard InChI is InChI=1S/C28H30BrClN2O3/c1-19(2)22-11-14-26(24(29)16-22)35-18-27(33)32(17-21-9-12-23(30)13-10-21)25(28(34)31-3)15-20-7-5-4-6-8-20/h4-14,16,19,25H,15,17-18H2,1-3H3,(H,31,34)/t25-/m1/s1. The predicted octanol–water partition coefficient (Wildman–Crippen LogP) is 5.99. The van der Waals surface area contributed by atoms with Crippen molar-refractivity contribution in [3.8, 4) is 5.75 Å². The van der Waals surface area contributed by atoms with E-state index in [1.807, 2.05) is 60.7 Å². The number of hydrogen-bond donors (Lipinski definition) is 1. The van der Waals surface area contributed by atoms with Gasteiger partial charge in [-0.25, -0.2) is 0 Å². The zero-order valence-electron chi connectivity index (χ0n) is 20.1. The van der Waals surface area contributed by atoms with Gasteiger partial charge in [0.25, 0.3) is 5.91 Å². The van der Waals surface area contributed by atoms with Crippen LogP contribution >= 0.6 is 27.5 Å². The molecule has 0 unspecified atom stereocenters. The van der Waals surface area contributed by atoms with E-state index in [9.17, 15) is 9.59 Å². The SMILES string of the molecule is CNC(=O)[C@@H](Cc1ccccc1)N(Cc1ccc(Cl)cc1)C(=O)COc1ccc(C(C)C)cc1Br. The molecule has 3 aromatic carbocycles. The number of carbonyl (C=O) groups excluding carboxylic acids is 2. The first-order chi connectivity index (χ1) is 16.8. The molecule has 0 radical (unpaired) electrons. The van der Waals surface area contributed by atoms with Crippen molar-refractivity contribution in [2.75, 3.05) is 13.7 Å². The number of nitrogens with one attached hydrogen (secondary N) is 1. The van der Waals surface area contributed by atoms with Crippen LogP contribution in [0.15, 0.2) is 77.3 Å². The van der Waals surface area contributed by atoms with Crippen molar-refractivity contribution in [2.45, 2.75) is 38.8 Å². The van der Waals surface area contributed by atoms with E-state index in [4.69, 9.17) is 16.3 Å². The topological polar surface area (TPSA) is 58.6 Å². The molecule has 0 aliphatic rings. The maximum atomic E-state index is 13.5. The number of benzene rings is 3. The molecule has 184 valence electrons. The van der Waals surface area contributed by atoms with Crippen LogP contribution in [0.1, 0.15) is 36.5 Å². The summed E-state index contributed by atoms with van der Waals surface area (Å²) in [6.07, 6.45) is 0.382. The molecule has 3 aromatic rings. The van der Waals surface area contributed by atoms with E-state index in [-0.39, 0.29) is 25.0 Å². The highest BCUT2D eigenvalue weighted by molar-refractivity contribution is 9.10. The maximum absolute atomic E-state index is 13.5. The first-order valence-electron chi connectivity index (χ1n) is 11.5. The number of nitrogens with zero attached hydrogens (tertiary/aromatic N) is 1. The van der Waals surface area contributed by atoms with Crippen LogP contribution < -0.4 is 10.1 Å². The van der Waals surface area contributed by atoms with Gasteiger partial charge in [0.15, 0.2) is 6.61 Å². The lowest BCUT2D eigenvalue weighted by atomic mass is 10.0. The monoisotopic (exact) mass is 556 g/mol. The summed E-state index contributed by atoms with van der Waals surface area (Å²) in [5, 5.41) is 3.32. The molecular formula is C28H30BrClN2O3. The minimum atomic E-state index is -0.707. The van der Waals surface area contributed by atoms with Gasteiger partial charge in [0.2, 0.25) is 5.91 Å². The van der Waals surface area contributed by atoms with Crippen LogP contribution in [0.2, 0.25) is 5.02 Å². The highest BCUT2D eigenvalue weighted by atomic mass is 79.9. The number of amides is 2. The minimum absolute atomic E-state index is 0.199. The third-order valence-corrected chi connectivity index (χ3v) is 6.63. The fourth-order valence-electron chi connectivity index (χ4n) is 3.72. The van der Waals surface area contributed by atoms with Gasteiger partial charge in [-0.2, -0.15) is 0 Å². The van der Waals surface area contributed by atoms with Gasteiger partial charge in [0.05, 0.1) is 4.47 Å². The van der Waals surface area contributed by atoms with Crippen LogP contribution in [0, 0.1) is 0 Å². The number of halogens is 2. The second kappa shape index (κ2) is 12.8. The fourth-order valence-corrected chi connectivity index (χ4v) is 4.36. The Morgan fingerprint density at radius 1 is 1.00 bits per heavy atom. The van der Waals surface area contributed by atoms with E-state index in [0.29, 0.717) is 23.1 Å². The van der Waals surface area contributed by atoms with E-state index < -0.39 is 6.04 Å². The molecular weight excluding hydrogens is 528 g/mol. The Labute approximate surface area is 220 Å². The molecule has 0 aromatic heterocycles. The Kier molecular flexibility index (Phi) is 9.75. The molecule has 0 aliphatic carbocycles. The van der Waals surface area contributed by atoms with Crippen LogP contribution in [0.25, 0.3) is 0 Å². The average Bonchev–Trinajstić information content (AvgIpc) is 2.86. The van der Waals surface area contributed by atoms with E-state index >= 15 is 0 Å². The normalized spacial score (nSPS) is 11.7. The summed E-state index contributed by atoms with van der Waals surface area (Å²) in [6, 6.07) is 22.1. The molecule has 2 amide bonds. The summed E-state index contributed by atoms with van der Waals surface area (Å²) in [5.41, 5.74) is 3.00. The van der Waals surface area contributed by atoms with Gasteiger partial charge in [-0.1, -0.05) is 74.0 Å². The van der Waals surface area contributed by atoms with Crippen molar-refractivity contribution in [3.05, 3.63) is 99.0 Å². The Morgan fingerprint density at radius 2 is 1.69 bits per heavy atom. The molecule has 3 rings (SSSR count). The van der Waals surface area contributed by atoms with Gasteiger partial charge in [-0.05, 0) is 62.8 Å². The highest BCUT2D eigenvalue weighted by Gasteiger charge is 2.30. The van der Waals surface area contributed by atoms with Crippen molar-refractivity contribution in [1.82, 2.24) is 10.2 Å². The zero-order valence-corrected chi connectivity index (χ0v) is 22.5. The third kappa shape index (κ3) is 7.58.